The summed E-state index contributed by atoms with van der Waals surface area (Å²) in [5.74, 6) is 0.122. The summed E-state index contributed by atoms with van der Waals surface area (Å²) >= 11 is 4.65. The molecular formula is C22H20BrN3O2S. The summed E-state index contributed by atoms with van der Waals surface area (Å²) in [6, 6.07) is 20.7. The van der Waals surface area contributed by atoms with E-state index in [0.717, 1.165) is 21.3 Å². The molecular weight excluding hydrogens is 450 g/mol. The molecule has 1 heterocycles. The van der Waals surface area contributed by atoms with Crippen molar-refractivity contribution in [3.05, 3.63) is 94.7 Å². The maximum absolute atomic E-state index is 12.5. The molecule has 5 nitrogen and oxygen atoms in total. The highest BCUT2D eigenvalue weighted by Gasteiger charge is 2.17. The number of nitrogens with one attached hydrogen (secondary N) is 2. The van der Waals surface area contributed by atoms with Crippen LogP contribution in [0, 0.1) is 0 Å². The van der Waals surface area contributed by atoms with E-state index in [1.54, 1.807) is 12.4 Å². The number of carbonyl (C=O) groups is 2. The highest BCUT2D eigenvalue weighted by molar-refractivity contribution is 9.10. The minimum atomic E-state index is -0.261. The second-order valence-electron chi connectivity index (χ2n) is 6.24. The average molecular weight is 470 g/mol. The number of aromatic nitrogens is 1. The van der Waals surface area contributed by atoms with Crippen molar-refractivity contribution in [1.29, 1.82) is 0 Å². The molecule has 148 valence electrons. The van der Waals surface area contributed by atoms with Crippen molar-refractivity contribution >= 4 is 45.2 Å². The molecule has 0 bridgehead atoms. The zero-order valence-electron chi connectivity index (χ0n) is 15.5. The summed E-state index contributed by atoms with van der Waals surface area (Å²) in [7, 11) is 0. The first-order valence-electron chi connectivity index (χ1n) is 8.99. The minimum Gasteiger partial charge on any atom is -0.344 e. The zero-order chi connectivity index (χ0) is 20.5. The van der Waals surface area contributed by atoms with E-state index in [-0.39, 0.29) is 29.4 Å². The number of anilines is 1. The normalized spacial score (nSPS) is 11.5. The fourth-order valence-corrected chi connectivity index (χ4v) is 3.79. The fourth-order valence-electron chi connectivity index (χ4n) is 2.76. The second-order valence-corrected chi connectivity index (χ2v) is 8.14. The predicted molar refractivity (Wildman–Crippen MR) is 121 cm³/mol. The number of rotatable bonds is 8. The topological polar surface area (TPSA) is 71.1 Å². The summed E-state index contributed by atoms with van der Waals surface area (Å²) in [5.41, 5.74) is 2.66. The van der Waals surface area contributed by atoms with Crippen molar-refractivity contribution in [2.24, 2.45) is 0 Å². The third kappa shape index (κ3) is 6.73. The maximum Gasteiger partial charge on any atom is 0.234 e. The lowest BCUT2D eigenvalue weighted by molar-refractivity contribution is -0.119. The van der Waals surface area contributed by atoms with Crippen LogP contribution in [0.15, 0.2) is 83.6 Å². The number of benzene rings is 2. The highest BCUT2D eigenvalue weighted by atomic mass is 79.9. The third-order valence-electron chi connectivity index (χ3n) is 4.05. The van der Waals surface area contributed by atoms with Crippen LogP contribution in [-0.2, 0) is 9.59 Å². The van der Waals surface area contributed by atoms with E-state index in [2.05, 4.69) is 31.5 Å². The molecule has 29 heavy (non-hydrogen) atoms. The molecule has 0 saturated heterocycles. The Morgan fingerprint density at radius 3 is 2.31 bits per heavy atom. The van der Waals surface area contributed by atoms with Crippen molar-refractivity contribution in [2.45, 2.75) is 6.04 Å². The predicted octanol–water partition coefficient (Wildman–Crippen LogP) is 4.42. The van der Waals surface area contributed by atoms with Crippen molar-refractivity contribution in [3.8, 4) is 0 Å². The van der Waals surface area contributed by atoms with Crippen LogP contribution in [0.5, 0.6) is 0 Å². The molecule has 2 aromatic carbocycles. The van der Waals surface area contributed by atoms with E-state index in [1.165, 1.54) is 11.8 Å². The van der Waals surface area contributed by atoms with Gasteiger partial charge in [-0.2, -0.15) is 0 Å². The summed E-state index contributed by atoms with van der Waals surface area (Å²) in [5, 5.41) is 5.88. The number of carbonyl (C=O) groups excluding carboxylic acids is 2. The lowest BCUT2D eigenvalue weighted by Crippen LogP contribution is -2.31. The largest absolute Gasteiger partial charge is 0.344 e. The number of hydrogen-bond donors (Lipinski definition) is 2. The first kappa shape index (κ1) is 21.1. The van der Waals surface area contributed by atoms with Crippen LogP contribution in [0.1, 0.15) is 17.2 Å². The third-order valence-corrected chi connectivity index (χ3v) is 5.48. The van der Waals surface area contributed by atoms with Gasteiger partial charge in [0.25, 0.3) is 0 Å². The summed E-state index contributed by atoms with van der Waals surface area (Å²) in [6.07, 6.45) is 3.41. The van der Waals surface area contributed by atoms with E-state index < -0.39 is 0 Å². The SMILES string of the molecule is O=C(CSCC(=O)NC(c1ccccc1)c1ccncc1)Nc1cccc(Br)c1. The van der Waals surface area contributed by atoms with Crippen LogP contribution in [0.2, 0.25) is 0 Å². The molecule has 1 aromatic heterocycles. The van der Waals surface area contributed by atoms with Gasteiger partial charge in [0.05, 0.1) is 17.5 Å². The number of hydrogen-bond acceptors (Lipinski definition) is 4. The molecule has 1 unspecified atom stereocenters. The van der Waals surface area contributed by atoms with Gasteiger partial charge in [-0.15, -0.1) is 11.8 Å². The van der Waals surface area contributed by atoms with E-state index in [0.29, 0.717) is 0 Å². The fraction of sp³-hybridized carbons (Fsp3) is 0.136. The maximum atomic E-state index is 12.5. The molecule has 1 atom stereocenters. The van der Waals surface area contributed by atoms with Gasteiger partial charge in [0.15, 0.2) is 0 Å². The molecule has 2 N–H and O–H groups in total. The van der Waals surface area contributed by atoms with Crippen molar-refractivity contribution < 1.29 is 9.59 Å². The van der Waals surface area contributed by atoms with Gasteiger partial charge in [0, 0.05) is 22.6 Å². The number of nitrogens with zero attached hydrogens (tertiary/aromatic N) is 1. The number of halogens is 1. The number of thioether (sulfide) groups is 1. The Morgan fingerprint density at radius 2 is 1.59 bits per heavy atom. The Morgan fingerprint density at radius 1 is 0.897 bits per heavy atom. The Kier molecular flexibility index (Phi) is 7.84. The van der Waals surface area contributed by atoms with Crippen LogP contribution >= 0.6 is 27.7 Å². The Labute approximate surface area is 182 Å². The molecule has 0 aliphatic carbocycles. The van der Waals surface area contributed by atoms with Gasteiger partial charge >= 0.3 is 0 Å². The highest BCUT2D eigenvalue weighted by Crippen LogP contribution is 2.21. The Bertz CT molecular complexity index is 915. The van der Waals surface area contributed by atoms with Crippen molar-refractivity contribution in [1.82, 2.24) is 10.3 Å². The summed E-state index contributed by atoms with van der Waals surface area (Å²) in [6.45, 7) is 0. The molecule has 7 heteroatoms. The van der Waals surface area contributed by atoms with Crippen LogP contribution in [0.25, 0.3) is 0 Å². The van der Waals surface area contributed by atoms with Gasteiger partial charge in [-0.3, -0.25) is 14.6 Å². The monoisotopic (exact) mass is 469 g/mol. The Hall–Kier alpha value is -2.64. The first-order valence-corrected chi connectivity index (χ1v) is 10.9. The van der Waals surface area contributed by atoms with Gasteiger partial charge in [-0.1, -0.05) is 52.3 Å². The standard InChI is InChI=1S/C22H20BrN3O2S/c23-18-7-4-8-19(13-18)25-20(27)14-29-15-21(28)26-22(16-5-2-1-3-6-16)17-9-11-24-12-10-17/h1-13,22H,14-15H2,(H,25,27)(H,26,28). The van der Waals surface area contributed by atoms with Crippen LogP contribution in [-0.4, -0.2) is 28.3 Å². The Balaban J connectivity index is 1.53. The molecule has 0 radical (unpaired) electrons. The molecule has 3 rings (SSSR count). The zero-order valence-corrected chi connectivity index (χ0v) is 17.9. The second kappa shape index (κ2) is 10.8. The molecule has 2 amide bonds. The van der Waals surface area contributed by atoms with Crippen molar-refractivity contribution in [3.63, 3.8) is 0 Å². The number of pyridine rings is 1. The van der Waals surface area contributed by atoms with Crippen molar-refractivity contribution in [2.75, 3.05) is 16.8 Å². The summed E-state index contributed by atoms with van der Waals surface area (Å²) < 4.78 is 0.894. The summed E-state index contributed by atoms with van der Waals surface area (Å²) in [4.78, 5) is 28.6. The van der Waals surface area contributed by atoms with Gasteiger partial charge in [-0.05, 0) is 41.5 Å². The van der Waals surface area contributed by atoms with Gasteiger partial charge < -0.3 is 10.6 Å². The molecule has 0 aliphatic rings. The van der Waals surface area contributed by atoms with Gasteiger partial charge in [0.1, 0.15) is 0 Å². The van der Waals surface area contributed by atoms with E-state index in [1.807, 2.05) is 66.7 Å². The lowest BCUT2D eigenvalue weighted by Gasteiger charge is -2.19. The first-order chi connectivity index (χ1) is 14.1. The average Bonchev–Trinajstić information content (AvgIpc) is 2.73. The van der Waals surface area contributed by atoms with Crippen LogP contribution in [0.4, 0.5) is 5.69 Å². The molecule has 3 aromatic rings. The van der Waals surface area contributed by atoms with Gasteiger partial charge in [0.2, 0.25) is 11.8 Å². The lowest BCUT2D eigenvalue weighted by atomic mass is 10.00. The van der Waals surface area contributed by atoms with E-state index >= 15 is 0 Å². The molecule has 0 aliphatic heterocycles. The van der Waals surface area contributed by atoms with E-state index in [4.69, 9.17) is 0 Å². The smallest absolute Gasteiger partial charge is 0.234 e. The molecule has 0 saturated carbocycles. The minimum absolute atomic E-state index is 0.129. The van der Waals surface area contributed by atoms with E-state index in [9.17, 15) is 9.59 Å². The van der Waals surface area contributed by atoms with Crippen LogP contribution in [0.3, 0.4) is 0 Å². The number of amides is 2. The van der Waals surface area contributed by atoms with Crippen LogP contribution < -0.4 is 10.6 Å². The molecule has 0 fully saturated rings. The quantitative estimate of drug-likeness (QED) is 0.512. The van der Waals surface area contributed by atoms with Gasteiger partial charge in [-0.25, -0.2) is 0 Å². The molecule has 0 spiro atoms.